The fourth-order valence-corrected chi connectivity index (χ4v) is 9.06. The van der Waals surface area contributed by atoms with E-state index in [9.17, 15) is 0 Å². The van der Waals surface area contributed by atoms with Crippen LogP contribution in [0.25, 0.3) is 75.1 Å². The molecule has 3 heteroatoms. The molecule has 0 amide bonds. The van der Waals surface area contributed by atoms with Crippen molar-refractivity contribution in [1.29, 1.82) is 0 Å². The Labute approximate surface area is 313 Å². The predicted octanol–water partition coefficient (Wildman–Crippen LogP) is 15.3. The summed E-state index contributed by atoms with van der Waals surface area (Å²) in [6.07, 6.45) is 3.58. The SMILES string of the molecule is CCCCc1ccc2ccc(-c3ccc(N(c4ccccc4)c4ccc(-c5ccc6c(c5)sc5ccc7oc8ccccc8c7c56)cc4)cc3)cc2c1. The van der Waals surface area contributed by atoms with Gasteiger partial charge in [0.1, 0.15) is 11.2 Å². The maximum absolute atomic E-state index is 6.22. The number of fused-ring (bicyclic) bond motifs is 8. The highest BCUT2D eigenvalue weighted by molar-refractivity contribution is 7.26. The van der Waals surface area contributed by atoms with E-state index in [4.69, 9.17) is 4.42 Å². The Morgan fingerprint density at radius 3 is 1.91 bits per heavy atom. The maximum Gasteiger partial charge on any atom is 0.136 e. The van der Waals surface area contributed by atoms with Crippen LogP contribution in [0.2, 0.25) is 0 Å². The molecule has 0 atom stereocenters. The van der Waals surface area contributed by atoms with Crippen LogP contribution in [0.3, 0.4) is 0 Å². The smallest absolute Gasteiger partial charge is 0.136 e. The van der Waals surface area contributed by atoms with Gasteiger partial charge in [0.05, 0.1) is 0 Å². The lowest BCUT2D eigenvalue weighted by atomic mass is 9.98. The molecule has 53 heavy (non-hydrogen) atoms. The molecule has 254 valence electrons. The minimum atomic E-state index is 0.938. The third kappa shape index (κ3) is 5.65. The van der Waals surface area contributed by atoms with Gasteiger partial charge in [-0.1, -0.05) is 116 Å². The molecule has 0 aliphatic heterocycles. The van der Waals surface area contributed by atoms with Crippen molar-refractivity contribution in [2.45, 2.75) is 26.2 Å². The molecule has 10 aromatic rings. The van der Waals surface area contributed by atoms with E-state index >= 15 is 0 Å². The minimum Gasteiger partial charge on any atom is -0.456 e. The molecule has 0 N–H and O–H groups in total. The van der Waals surface area contributed by atoms with Crippen LogP contribution in [-0.2, 0) is 6.42 Å². The first-order valence-corrected chi connectivity index (χ1v) is 19.4. The fourth-order valence-electron chi connectivity index (χ4n) is 7.90. The number of hydrogen-bond donors (Lipinski definition) is 0. The van der Waals surface area contributed by atoms with Crippen molar-refractivity contribution in [2.24, 2.45) is 0 Å². The predicted molar refractivity (Wildman–Crippen MR) is 228 cm³/mol. The Morgan fingerprint density at radius 1 is 0.472 bits per heavy atom. The number of furan rings is 1. The lowest BCUT2D eigenvalue weighted by Gasteiger charge is -2.26. The van der Waals surface area contributed by atoms with Gasteiger partial charge in [-0.05, 0) is 118 Å². The molecule has 0 aliphatic carbocycles. The fraction of sp³-hybridized carbons (Fsp3) is 0.0800. The van der Waals surface area contributed by atoms with Crippen LogP contribution >= 0.6 is 11.3 Å². The summed E-state index contributed by atoms with van der Waals surface area (Å²) in [5.74, 6) is 0. The molecule has 0 fully saturated rings. The van der Waals surface area contributed by atoms with Crippen LogP contribution in [0.4, 0.5) is 17.1 Å². The Morgan fingerprint density at radius 2 is 1.13 bits per heavy atom. The van der Waals surface area contributed by atoms with Gasteiger partial charge in [-0.2, -0.15) is 0 Å². The monoisotopic (exact) mass is 699 g/mol. The molecule has 0 saturated heterocycles. The molecule has 10 rings (SSSR count). The quantitative estimate of drug-likeness (QED) is 0.157. The molecule has 0 aliphatic rings. The normalized spacial score (nSPS) is 11.7. The van der Waals surface area contributed by atoms with E-state index in [0.29, 0.717) is 0 Å². The summed E-state index contributed by atoms with van der Waals surface area (Å²) in [4.78, 5) is 2.34. The minimum absolute atomic E-state index is 0.938. The number of nitrogens with zero attached hydrogens (tertiary/aromatic N) is 1. The van der Waals surface area contributed by atoms with E-state index in [0.717, 1.165) is 34.6 Å². The second-order valence-electron chi connectivity index (χ2n) is 14.0. The van der Waals surface area contributed by atoms with Gasteiger partial charge in [0.15, 0.2) is 0 Å². The molecule has 0 saturated carbocycles. The molecular formula is C50H37NOS. The molecule has 0 radical (unpaired) electrons. The van der Waals surface area contributed by atoms with Crippen molar-refractivity contribution in [1.82, 2.24) is 0 Å². The zero-order valence-electron chi connectivity index (χ0n) is 29.6. The van der Waals surface area contributed by atoms with Gasteiger partial charge in [0.25, 0.3) is 0 Å². The van der Waals surface area contributed by atoms with Gasteiger partial charge in [0.2, 0.25) is 0 Å². The molecule has 2 aromatic heterocycles. The van der Waals surface area contributed by atoms with Crippen LogP contribution < -0.4 is 4.90 Å². The van der Waals surface area contributed by atoms with Gasteiger partial charge in [-0.25, -0.2) is 0 Å². The summed E-state index contributed by atoms with van der Waals surface area (Å²) in [5, 5.41) is 7.55. The Kier molecular flexibility index (Phi) is 7.81. The molecule has 8 aromatic carbocycles. The summed E-state index contributed by atoms with van der Waals surface area (Å²) in [7, 11) is 0. The van der Waals surface area contributed by atoms with Crippen LogP contribution in [0.5, 0.6) is 0 Å². The van der Waals surface area contributed by atoms with Gasteiger partial charge >= 0.3 is 0 Å². The van der Waals surface area contributed by atoms with Crippen molar-refractivity contribution in [3.8, 4) is 22.3 Å². The number of aryl methyl sites for hydroxylation is 1. The molecule has 2 nitrogen and oxygen atoms in total. The third-order valence-electron chi connectivity index (χ3n) is 10.6. The van der Waals surface area contributed by atoms with E-state index < -0.39 is 0 Å². The lowest BCUT2D eigenvalue weighted by molar-refractivity contribution is 0.669. The van der Waals surface area contributed by atoms with Crippen LogP contribution in [0.15, 0.2) is 174 Å². The van der Waals surface area contributed by atoms with E-state index in [1.54, 1.807) is 0 Å². The highest BCUT2D eigenvalue weighted by atomic mass is 32.1. The van der Waals surface area contributed by atoms with E-state index in [-0.39, 0.29) is 0 Å². The number of benzene rings is 8. The van der Waals surface area contributed by atoms with Crippen LogP contribution in [-0.4, -0.2) is 0 Å². The maximum atomic E-state index is 6.22. The van der Waals surface area contributed by atoms with E-state index in [2.05, 4.69) is 176 Å². The summed E-state index contributed by atoms with van der Waals surface area (Å²) in [6.45, 7) is 2.25. The van der Waals surface area contributed by atoms with Crippen molar-refractivity contribution in [2.75, 3.05) is 4.90 Å². The standard InChI is InChI=1S/C50H37NOS/c1-2-3-9-33-14-15-36-16-17-37(31-39(36)30-33)34-18-23-41(24-19-34)51(40-10-5-4-6-11-40)42-25-20-35(21-26-42)38-22-27-44-48(32-38)53-47-29-28-46-49(50(44)47)43-12-7-8-13-45(43)52-46/h4-8,10-32H,2-3,9H2,1H3. The molecule has 2 heterocycles. The Bertz CT molecular complexity index is 2920. The summed E-state index contributed by atoms with van der Waals surface area (Å²) >= 11 is 1.85. The summed E-state index contributed by atoms with van der Waals surface area (Å²) in [6, 6.07) is 61.9. The third-order valence-corrected chi connectivity index (χ3v) is 11.7. The number of hydrogen-bond acceptors (Lipinski definition) is 3. The molecule has 0 spiro atoms. The number of anilines is 3. The second kappa shape index (κ2) is 13.1. The van der Waals surface area contributed by atoms with Gasteiger partial charge in [-0.3, -0.25) is 0 Å². The largest absolute Gasteiger partial charge is 0.456 e. The van der Waals surface area contributed by atoms with Crippen molar-refractivity contribution >= 4 is 81.3 Å². The number of thiophene rings is 1. The van der Waals surface area contributed by atoms with Crippen LogP contribution in [0.1, 0.15) is 25.3 Å². The van der Waals surface area contributed by atoms with Gasteiger partial charge in [0, 0.05) is 48.0 Å². The topological polar surface area (TPSA) is 16.4 Å². The number of unbranched alkanes of at least 4 members (excludes halogenated alkanes) is 1. The molecule has 0 bridgehead atoms. The highest BCUT2D eigenvalue weighted by Gasteiger charge is 2.17. The first kappa shape index (κ1) is 31.6. The first-order valence-electron chi connectivity index (χ1n) is 18.6. The zero-order chi connectivity index (χ0) is 35.3. The summed E-state index contributed by atoms with van der Waals surface area (Å²) < 4.78 is 8.79. The van der Waals surface area contributed by atoms with E-state index in [1.807, 2.05) is 17.4 Å². The van der Waals surface area contributed by atoms with Crippen LogP contribution in [0, 0.1) is 0 Å². The average Bonchev–Trinajstić information content (AvgIpc) is 3.78. The van der Waals surface area contributed by atoms with Gasteiger partial charge < -0.3 is 9.32 Å². The molecule has 0 unspecified atom stereocenters. The highest BCUT2D eigenvalue weighted by Crippen LogP contribution is 2.44. The second-order valence-corrected chi connectivity index (χ2v) is 15.1. The summed E-state index contributed by atoms with van der Waals surface area (Å²) in [5.41, 5.74) is 11.5. The van der Waals surface area contributed by atoms with Crippen molar-refractivity contribution < 1.29 is 4.42 Å². The Balaban J connectivity index is 0.977. The number of rotatable bonds is 8. The Hall–Kier alpha value is -6.16. The van der Waals surface area contributed by atoms with Crippen molar-refractivity contribution in [3.63, 3.8) is 0 Å². The lowest BCUT2D eigenvalue weighted by Crippen LogP contribution is -2.09. The van der Waals surface area contributed by atoms with E-state index in [1.165, 1.54) is 82.4 Å². The average molecular weight is 700 g/mol. The first-order chi connectivity index (χ1) is 26.2. The molecular weight excluding hydrogens is 663 g/mol. The van der Waals surface area contributed by atoms with Crippen molar-refractivity contribution in [3.05, 3.63) is 175 Å². The zero-order valence-corrected chi connectivity index (χ0v) is 30.4. The van der Waals surface area contributed by atoms with Gasteiger partial charge in [-0.15, -0.1) is 11.3 Å². The number of para-hydroxylation sites is 2.